The molecule has 1 rings (SSSR count). The molecule has 64 valence electrons. The minimum atomic E-state index is -4.25. The van der Waals surface area contributed by atoms with Gasteiger partial charge in [-0.3, -0.25) is 15.4 Å². The molecule has 12 heavy (non-hydrogen) atoms. The maximum absolute atomic E-state index is 10.5. The van der Waals surface area contributed by atoms with Crippen molar-refractivity contribution in [3.05, 3.63) is 23.1 Å². The first-order chi connectivity index (χ1) is 5.41. The highest BCUT2D eigenvalue weighted by Gasteiger charge is 2.15. The quantitative estimate of drug-likeness (QED) is 0.407. The summed E-state index contributed by atoms with van der Waals surface area (Å²) in [5.74, 6) is 0. The van der Waals surface area contributed by atoms with Crippen LogP contribution < -0.4 is 0 Å². The number of rotatable bonds is 1. The molecule has 0 aliphatic heterocycles. The van der Waals surface area contributed by atoms with E-state index in [0.29, 0.717) is 0 Å². The van der Waals surface area contributed by atoms with Gasteiger partial charge < -0.3 is 0 Å². The van der Waals surface area contributed by atoms with Gasteiger partial charge in [-0.25, -0.2) is 0 Å². The predicted molar refractivity (Wildman–Crippen MR) is 44.2 cm³/mol. The Morgan fingerprint density at radius 2 is 1.75 bits per heavy atom. The van der Waals surface area contributed by atoms with Gasteiger partial charge in [-0.05, 0) is 18.2 Å². The van der Waals surface area contributed by atoms with Gasteiger partial charge in [-0.15, -0.1) is 0 Å². The fraction of sp³-hybridized carbons (Fsp3) is 0. The topological polar surface area (TPSA) is 102 Å². The van der Waals surface area contributed by atoms with E-state index < -0.39 is 10.1 Å². The lowest BCUT2D eigenvalue weighted by molar-refractivity contribution is 0.492. The largest absolute Gasteiger partial charge is 0.299 e. The van der Waals surface area contributed by atoms with Gasteiger partial charge in [0, 0.05) is 0 Å². The number of nitrogens with one attached hydrogen (secondary N) is 2. The van der Waals surface area contributed by atoms with E-state index in [2.05, 4.69) is 0 Å². The molecule has 0 radical (unpaired) electrons. The molecule has 0 aromatic carbocycles. The number of allylic oxidation sites excluding steroid dienone is 3. The van der Waals surface area contributed by atoms with Crippen LogP contribution in [0, 0.1) is 10.8 Å². The van der Waals surface area contributed by atoms with Gasteiger partial charge in [-0.1, -0.05) is 0 Å². The van der Waals surface area contributed by atoms with Gasteiger partial charge >= 0.3 is 0 Å². The number of hydrogen-bond acceptors (Lipinski definition) is 4. The Bertz CT molecular complexity index is 403. The SMILES string of the molecule is N=C1C=CC(S(=O)(=O)O)=CC1=N. The first-order valence-electron chi connectivity index (χ1n) is 2.96. The Kier molecular flexibility index (Phi) is 1.95. The maximum Gasteiger partial charge on any atom is 0.294 e. The average molecular weight is 186 g/mol. The van der Waals surface area contributed by atoms with E-state index in [0.717, 1.165) is 18.2 Å². The van der Waals surface area contributed by atoms with Crippen LogP contribution in [0.5, 0.6) is 0 Å². The minimum absolute atomic E-state index is 0.0811. The molecule has 0 aromatic rings. The second kappa shape index (κ2) is 2.65. The molecule has 0 fully saturated rings. The van der Waals surface area contributed by atoms with E-state index in [1.807, 2.05) is 0 Å². The predicted octanol–water partition coefficient (Wildman–Crippen LogP) is 0.367. The van der Waals surface area contributed by atoms with Crippen LogP contribution in [-0.2, 0) is 10.1 Å². The summed E-state index contributed by atoms with van der Waals surface area (Å²) >= 11 is 0. The van der Waals surface area contributed by atoms with Crippen LogP contribution in [0.2, 0.25) is 0 Å². The van der Waals surface area contributed by atoms with Crippen molar-refractivity contribution in [2.24, 2.45) is 0 Å². The van der Waals surface area contributed by atoms with Crippen LogP contribution in [0.15, 0.2) is 23.1 Å². The van der Waals surface area contributed by atoms with Crippen LogP contribution in [0.25, 0.3) is 0 Å². The summed E-state index contributed by atoms with van der Waals surface area (Å²) in [6.07, 6.45) is 3.15. The second-order valence-corrected chi connectivity index (χ2v) is 3.60. The normalized spacial score (nSPS) is 17.9. The van der Waals surface area contributed by atoms with E-state index in [1.54, 1.807) is 0 Å². The summed E-state index contributed by atoms with van der Waals surface area (Å²) in [6, 6.07) is 0. The first kappa shape index (κ1) is 8.82. The molecular weight excluding hydrogens is 180 g/mol. The number of hydrogen-bond donors (Lipinski definition) is 3. The van der Waals surface area contributed by atoms with Gasteiger partial charge in [0.15, 0.2) is 0 Å². The van der Waals surface area contributed by atoms with Crippen LogP contribution in [0.3, 0.4) is 0 Å². The molecule has 1 aliphatic rings. The Morgan fingerprint density at radius 1 is 1.17 bits per heavy atom. The molecule has 0 bridgehead atoms. The third-order valence-electron chi connectivity index (χ3n) is 1.29. The van der Waals surface area contributed by atoms with Crippen LogP contribution in [0.4, 0.5) is 0 Å². The standard InChI is InChI=1S/C6H6N2O3S/c7-5-2-1-4(3-6(5)8)12(9,10)11/h1-3,7-8H,(H,9,10,11). The summed E-state index contributed by atoms with van der Waals surface area (Å²) < 4.78 is 29.5. The minimum Gasteiger partial charge on any atom is -0.299 e. The summed E-state index contributed by atoms with van der Waals surface area (Å²) in [5.41, 5.74) is -0.312. The lowest BCUT2D eigenvalue weighted by atomic mass is 10.1. The van der Waals surface area contributed by atoms with Crippen molar-refractivity contribution in [3.63, 3.8) is 0 Å². The first-order valence-corrected chi connectivity index (χ1v) is 4.40. The van der Waals surface area contributed by atoms with E-state index in [9.17, 15) is 8.42 Å². The molecule has 0 saturated heterocycles. The summed E-state index contributed by atoms with van der Waals surface area (Å²) in [6.45, 7) is 0. The van der Waals surface area contributed by atoms with Crippen LogP contribution >= 0.6 is 0 Å². The van der Waals surface area contributed by atoms with Crippen molar-refractivity contribution in [2.45, 2.75) is 0 Å². The zero-order chi connectivity index (χ0) is 9.35. The molecule has 6 heteroatoms. The lowest BCUT2D eigenvalue weighted by Crippen LogP contribution is -2.13. The van der Waals surface area contributed by atoms with Gasteiger partial charge in [-0.2, -0.15) is 8.42 Å². The molecule has 1 aliphatic carbocycles. The molecule has 0 amide bonds. The molecule has 5 nitrogen and oxygen atoms in total. The van der Waals surface area contributed by atoms with E-state index in [1.165, 1.54) is 0 Å². The molecule has 0 spiro atoms. The zero-order valence-corrected chi connectivity index (χ0v) is 6.72. The molecule has 0 heterocycles. The zero-order valence-electron chi connectivity index (χ0n) is 5.90. The van der Waals surface area contributed by atoms with E-state index >= 15 is 0 Å². The van der Waals surface area contributed by atoms with Crippen molar-refractivity contribution in [3.8, 4) is 0 Å². The summed E-state index contributed by atoms with van der Waals surface area (Å²) in [7, 11) is -4.25. The molecule has 0 atom stereocenters. The van der Waals surface area contributed by atoms with Gasteiger partial charge in [0.1, 0.15) is 0 Å². The lowest BCUT2D eigenvalue weighted by Gasteiger charge is -2.04. The highest BCUT2D eigenvalue weighted by molar-refractivity contribution is 7.90. The summed E-state index contributed by atoms with van der Waals surface area (Å²) in [4.78, 5) is -0.358. The Morgan fingerprint density at radius 3 is 2.17 bits per heavy atom. The Labute approximate surface area is 69.2 Å². The summed E-state index contributed by atoms with van der Waals surface area (Å²) in [5, 5.41) is 14.1. The molecular formula is C6H6N2O3S. The third kappa shape index (κ3) is 1.66. The van der Waals surface area contributed by atoms with Crippen LogP contribution in [0.1, 0.15) is 0 Å². The van der Waals surface area contributed by atoms with Crippen molar-refractivity contribution < 1.29 is 13.0 Å². The molecule has 0 saturated carbocycles. The van der Waals surface area contributed by atoms with Crippen LogP contribution in [-0.4, -0.2) is 24.4 Å². The maximum atomic E-state index is 10.5. The van der Waals surface area contributed by atoms with Crippen molar-refractivity contribution in [1.29, 1.82) is 10.8 Å². The van der Waals surface area contributed by atoms with Crippen molar-refractivity contribution in [1.82, 2.24) is 0 Å². The highest BCUT2D eigenvalue weighted by atomic mass is 32.2. The van der Waals surface area contributed by atoms with E-state index in [4.69, 9.17) is 15.4 Å². The van der Waals surface area contributed by atoms with Gasteiger partial charge in [0.2, 0.25) is 0 Å². The monoisotopic (exact) mass is 186 g/mol. The third-order valence-corrected chi connectivity index (χ3v) is 2.14. The Balaban J connectivity index is 3.16. The second-order valence-electron chi connectivity index (χ2n) is 2.18. The average Bonchev–Trinajstić information content (AvgIpc) is 1.92. The Hall–Kier alpha value is -1.27. The smallest absolute Gasteiger partial charge is 0.294 e. The fourth-order valence-corrected chi connectivity index (χ4v) is 1.19. The van der Waals surface area contributed by atoms with E-state index in [-0.39, 0.29) is 16.3 Å². The fourth-order valence-electron chi connectivity index (χ4n) is 0.684. The van der Waals surface area contributed by atoms with Crippen molar-refractivity contribution in [2.75, 3.05) is 0 Å². The van der Waals surface area contributed by atoms with Crippen molar-refractivity contribution >= 4 is 21.5 Å². The van der Waals surface area contributed by atoms with Gasteiger partial charge in [0.25, 0.3) is 10.1 Å². The molecule has 3 N–H and O–H groups in total. The highest BCUT2D eigenvalue weighted by Crippen LogP contribution is 2.10. The molecule has 0 aromatic heterocycles. The van der Waals surface area contributed by atoms with Gasteiger partial charge in [0.05, 0.1) is 16.3 Å². The molecule has 0 unspecified atom stereocenters.